The summed E-state index contributed by atoms with van der Waals surface area (Å²) >= 11 is 0. The second kappa shape index (κ2) is 10.4. The lowest BCUT2D eigenvalue weighted by atomic mass is 10.1. The molecule has 6 heteroatoms. The summed E-state index contributed by atoms with van der Waals surface area (Å²) in [6.45, 7) is 9.22. The third-order valence-corrected chi connectivity index (χ3v) is 5.01. The van der Waals surface area contributed by atoms with Crippen molar-refractivity contribution in [2.45, 2.75) is 26.4 Å². The maximum absolute atomic E-state index is 13.0. The Bertz CT molecular complexity index is 1010. The first kappa shape index (κ1) is 23.4. The molecule has 1 aromatic carbocycles. The fourth-order valence-corrected chi connectivity index (χ4v) is 3.40. The van der Waals surface area contributed by atoms with Gasteiger partial charge in [0.1, 0.15) is 5.60 Å². The van der Waals surface area contributed by atoms with E-state index in [2.05, 4.69) is 21.8 Å². The highest BCUT2D eigenvalue weighted by molar-refractivity contribution is 6.10. The van der Waals surface area contributed by atoms with Gasteiger partial charge in [0.05, 0.1) is 11.4 Å². The highest BCUT2D eigenvalue weighted by Crippen LogP contribution is 2.23. The molecule has 1 aliphatic rings. The Hall–Kier alpha value is -3.25. The molecule has 0 atom stereocenters. The van der Waals surface area contributed by atoms with E-state index in [9.17, 15) is 9.59 Å². The lowest BCUT2D eigenvalue weighted by molar-refractivity contribution is -0.148. The number of hydrogen-bond donors (Lipinski definition) is 0. The van der Waals surface area contributed by atoms with Crippen LogP contribution in [-0.4, -0.2) is 60.5 Å². The van der Waals surface area contributed by atoms with E-state index in [1.807, 2.05) is 57.2 Å². The summed E-state index contributed by atoms with van der Waals surface area (Å²) in [7, 11) is 2.11. The monoisotopic (exact) mass is 433 g/mol. The van der Waals surface area contributed by atoms with E-state index in [-0.39, 0.29) is 5.78 Å². The van der Waals surface area contributed by atoms with Crippen LogP contribution in [0.25, 0.3) is 12.2 Å². The summed E-state index contributed by atoms with van der Waals surface area (Å²) < 4.78 is 5.27. The number of anilines is 1. The smallest absolute Gasteiger partial charge is 0.331 e. The van der Waals surface area contributed by atoms with Crippen molar-refractivity contribution in [1.82, 2.24) is 9.88 Å². The first-order valence-electron chi connectivity index (χ1n) is 10.8. The molecule has 2 heterocycles. The van der Waals surface area contributed by atoms with Gasteiger partial charge in [-0.1, -0.05) is 18.2 Å². The average molecular weight is 434 g/mol. The van der Waals surface area contributed by atoms with Crippen molar-refractivity contribution in [3.05, 3.63) is 71.6 Å². The number of hydrogen-bond acceptors (Lipinski definition) is 6. The number of esters is 1. The molecule has 32 heavy (non-hydrogen) atoms. The minimum atomic E-state index is -0.541. The maximum Gasteiger partial charge on any atom is 0.331 e. The molecule has 0 amide bonds. The minimum absolute atomic E-state index is 0.0592. The van der Waals surface area contributed by atoms with Crippen LogP contribution in [0.15, 0.2) is 54.6 Å². The Morgan fingerprint density at radius 3 is 2.19 bits per heavy atom. The highest BCUT2D eigenvalue weighted by Gasteiger charge is 2.19. The van der Waals surface area contributed by atoms with Crippen LogP contribution >= 0.6 is 0 Å². The Morgan fingerprint density at radius 2 is 1.53 bits per heavy atom. The number of para-hydroxylation sites is 1. The molecule has 2 aromatic rings. The zero-order valence-electron chi connectivity index (χ0n) is 19.2. The van der Waals surface area contributed by atoms with Gasteiger partial charge in [-0.15, -0.1) is 0 Å². The number of carbonyl (C=O) groups excluding carboxylic acids is 2. The van der Waals surface area contributed by atoms with Crippen molar-refractivity contribution < 1.29 is 14.3 Å². The Balaban J connectivity index is 1.70. The van der Waals surface area contributed by atoms with Gasteiger partial charge in [-0.05, 0) is 70.3 Å². The lowest BCUT2D eigenvalue weighted by Crippen LogP contribution is -2.44. The van der Waals surface area contributed by atoms with E-state index < -0.39 is 11.6 Å². The van der Waals surface area contributed by atoms with E-state index in [1.54, 1.807) is 24.3 Å². The Kier molecular flexibility index (Phi) is 7.59. The van der Waals surface area contributed by atoms with Gasteiger partial charge in [0.25, 0.3) is 0 Å². The molecule has 1 aromatic heterocycles. The fraction of sp³-hybridized carbons (Fsp3) is 0.346. The normalized spacial score (nSPS) is 15.4. The molecule has 0 unspecified atom stereocenters. The van der Waals surface area contributed by atoms with Crippen molar-refractivity contribution >= 4 is 29.6 Å². The third-order valence-electron chi connectivity index (χ3n) is 5.01. The number of rotatable bonds is 6. The summed E-state index contributed by atoms with van der Waals surface area (Å²) in [4.78, 5) is 33.9. The molecular weight excluding hydrogens is 402 g/mol. The molecule has 0 N–H and O–H groups in total. The molecule has 168 valence electrons. The fourth-order valence-electron chi connectivity index (χ4n) is 3.40. The third kappa shape index (κ3) is 6.89. The maximum atomic E-state index is 13.0. The SMILES string of the molecule is CN1CCN(c2ccccc2C(=O)/C=C/c2cccc(/C=C/C(=O)OC(C)(C)C)n2)CC1. The van der Waals surface area contributed by atoms with Gasteiger partial charge in [-0.2, -0.15) is 0 Å². The summed E-state index contributed by atoms with van der Waals surface area (Å²) in [6, 6.07) is 13.2. The van der Waals surface area contributed by atoms with Crippen molar-refractivity contribution in [2.24, 2.45) is 0 Å². The largest absolute Gasteiger partial charge is 0.457 e. The molecule has 6 nitrogen and oxygen atoms in total. The van der Waals surface area contributed by atoms with Crippen LogP contribution < -0.4 is 4.90 Å². The van der Waals surface area contributed by atoms with E-state index in [4.69, 9.17) is 4.74 Å². The van der Waals surface area contributed by atoms with Gasteiger partial charge in [0, 0.05) is 43.5 Å². The van der Waals surface area contributed by atoms with Crippen molar-refractivity contribution in [2.75, 3.05) is 38.1 Å². The number of ketones is 1. The summed E-state index contributed by atoms with van der Waals surface area (Å²) in [5, 5.41) is 0. The average Bonchev–Trinajstić information content (AvgIpc) is 2.76. The predicted molar refractivity (Wildman–Crippen MR) is 129 cm³/mol. The van der Waals surface area contributed by atoms with Gasteiger partial charge >= 0.3 is 5.97 Å². The van der Waals surface area contributed by atoms with Crippen LogP contribution in [0.5, 0.6) is 0 Å². The van der Waals surface area contributed by atoms with Gasteiger partial charge in [-0.25, -0.2) is 9.78 Å². The standard InChI is InChI=1S/C26H31N3O3/c1-26(2,3)32-25(31)15-13-21-9-7-8-20(27-21)12-14-24(30)22-10-5-6-11-23(22)29-18-16-28(4)17-19-29/h5-15H,16-19H2,1-4H3/b14-12+,15-13+. The van der Waals surface area contributed by atoms with Crippen LogP contribution in [0.2, 0.25) is 0 Å². The molecule has 1 fully saturated rings. The van der Waals surface area contributed by atoms with Crippen LogP contribution in [-0.2, 0) is 9.53 Å². The second-order valence-electron chi connectivity index (χ2n) is 8.86. The van der Waals surface area contributed by atoms with Crippen molar-refractivity contribution in [3.63, 3.8) is 0 Å². The number of nitrogens with zero attached hydrogens (tertiary/aromatic N) is 3. The number of carbonyl (C=O) groups is 2. The number of allylic oxidation sites excluding steroid dienone is 1. The predicted octanol–water partition coefficient (Wildman–Crippen LogP) is 4.08. The van der Waals surface area contributed by atoms with Gasteiger partial charge in [0.15, 0.2) is 5.78 Å². The van der Waals surface area contributed by atoms with E-state index in [0.717, 1.165) is 31.9 Å². The molecule has 1 saturated heterocycles. The van der Waals surface area contributed by atoms with Crippen molar-refractivity contribution in [3.8, 4) is 0 Å². The summed E-state index contributed by atoms with van der Waals surface area (Å²) in [5.41, 5.74) is 2.37. The van der Waals surface area contributed by atoms with E-state index in [0.29, 0.717) is 17.0 Å². The van der Waals surface area contributed by atoms with Crippen LogP contribution in [0.4, 0.5) is 5.69 Å². The number of pyridine rings is 1. The number of ether oxygens (including phenoxy) is 1. The quantitative estimate of drug-likeness (QED) is 0.389. The molecular formula is C26H31N3O3. The van der Waals surface area contributed by atoms with Gasteiger partial charge in [0.2, 0.25) is 0 Å². The molecule has 1 aliphatic heterocycles. The van der Waals surface area contributed by atoms with Crippen LogP contribution in [0, 0.1) is 0 Å². The molecule has 0 spiro atoms. The molecule has 3 rings (SSSR count). The lowest BCUT2D eigenvalue weighted by Gasteiger charge is -2.34. The first-order valence-corrected chi connectivity index (χ1v) is 10.8. The van der Waals surface area contributed by atoms with Gasteiger partial charge < -0.3 is 14.5 Å². The number of likely N-dealkylation sites (N-methyl/N-ethyl adjacent to an activating group) is 1. The van der Waals surface area contributed by atoms with Gasteiger partial charge in [-0.3, -0.25) is 4.79 Å². The summed E-state index contributed by atoms with van der Waals surface area (Å²) in [6.07, 6.45) is 6.22. The summed E-state index contributed by atoms with van der Waals surface area (Å²) in [5.74, 6) is -0.480. The minimum Gasteiger partial charge on any atom is -0.457 e. The number of aromatic nitrogens is 1. The Labute approximate surface area is 190 Å². The van der Waals surface area contributed by atoms with Crippen molar-refractivity contribution in [1.29, 1.82) is 0 Å². The van der Waals surface area contributed by atoms with Crippen LogP contribution in [0.3, 0.4) is 0 Å². The zero-order valence-corrected chi connectivity index (χ0v) is 19.2. The Morgan fingerprint density at radius 1 is 0.906 bits per heavy atom. The molecule has 0 saturated carbocycles. The number of benzene rings is 1. The molecule has 0 radical (unpaired) electrons. The molecule has 0 bridgehead atoms. The van der Waals surface area contributed by atoms with E-state index >= 15 is 0 Å². The second-order valence-corrected chi connectivity index (χ2v) is 8.86. The number of piperazine rings is 1. The topological polar surface area (TPSA) is 62.7 Å². The highest BCUT2D eigenvalue weighted by atomic mass is 16.6. The van der Waals surface area contributed by atoms with Crippen LogP contribution in [0.1, 0.15) is 42.5 Å². The molecule has 0 aliphatic carbocycles. The van der Waals surface area contributed by atoms with E-state index in [1.165, 1.54) is 6.08 Å². The first-order chi connectivity index (χ1) is 15.2. The zero-order chi connectivity index (χ0) is 23.1.